The molecular formula is C21H24ClN3O7S. The molecule has 0 bridgehead atoms. The molecule has 2 rings (SSSR count). The Hall–Kier alpha value is -3.15. The maximum absolute atomic E-state index is 12.7. The molecule has 0 heterocycles. The summed E-state index contributed by atoms with van der Waals surface area (Å²) in [5.74, 6) is -1.74. The molecule has 0 saturated heterocycles. The number of esters is 1. The Bertz CT molecular complexity index is 1120. The minimum absolute atomic E-state index is 0.0440. The first kappa shape index (κ1) is 26.1. The van der Waals surface area contributed by atoms with Crippen molar-refractivity contribution in [1.29, 1.82) is 0 Å². The van der Waals surface area contributed by atoms with Crippen LogP contribution in [0.1, 0.15) is 34.6 Å². The lowest BCUT2D eigenvalue weighted by molar-refractivity contribution is -0.125. The zero-order chi connectivity index (χ0) is 24.6. The molecule has 0 radical (unpaired) electrons. The molecule has 0 spiro atoms. The summed E-state index contributed by atoms with van der Waals surface area (Å²) in [4.78, 5) is 36.0. The first-order chi connectivity index (χ1) is 15.6. The number of sulfonamides is 1. The molecular weight excluding hydrogens is 474 g/mol. The van der Waals surface area contributed by atoms with Crippen LogP contribution in [0.3, 0.4) is 0 Å². The van der Waals surface area contributed by atoms with Crippen molar-refractivity contribution in [3.8, 4) is 5.75 Å². The summed E-state index contributed by atoms with van der Waals surface area (Å²) in [6.45, 7) is 3.11. The molecule has 0 aliphatic carbocycles. The van der Waals surface area contributed by atoms with Gasteiger partial charge in [0.2, 0.25) is 10.0 Å². The summed E-state index contributed by atoms with van der Waals surface area (Å²) in [5.41, 5.74) is 4.49. The van der Waals surface area contributed by atoms with E-state index in [4.69, 9.17) is 21.1 Å². The SMILES string of the molecule is CCN(CC)S(=O)(=O)c1cc(C(=O)OCC(=O)NNC(=O)c2ccc(OC)cc2)ccc1Cl. The van der Waals surface area contributed by atoms with Crippen molar-refractivity contribution < 1.29 is 32.3 Å². The summed E-state index contributed by atoms with van der Waals surface area (Å²) in [6.07, 6.45) is 0. The van der Waals surface area contributed by atoms with E-state index in [1.165, 1.54) is 35.7 Å². The molecule has 2 aromatic carbocycles. The second kappa shape index (κ2) is 11.6. The van der Waals surface area contributed by atoms with E-state index in [0.29, 0.717) is 5.75 Å². The molecule has 12 heteroatoms. The number of hydrazine groups is 1. The van der Waals surface area contributed by atoms with E-state index in [2.05, 4.69) is 10.9 Å². The van der Waals surface area contributed by atoms with Crippen molar-refractivity contribution in [3.05, 3.63) is 58.6 Å². The van der Waals surface area contributed by atoms with Gasteiger partial charge in [0.1, 0.15) is 10.6 Å². The molecule has 2 aromatic rings. The van der Waals surface area contributed by atoms with Crippen molar-refractivity contribution in [1.82, 2.24) is 15.2 Å². The standard InChI is InChI=1S/C21H24ClN3O7S/c1-4-25(5-2)33(29,30)18-12-15(8-11-17(18)22)21(28)32-13-19(26)23-24-20(27)14-6-9-16(31-3)10-7-14/h6-12H,4-5,13H2,1-3H3,(H,23,26)(H,24,27). The summed E-state index contributed by atoms with van der Waals surface area (Å²) in [6, 6.07) is 9.83. The van der Waals surface area contributed by atoms with E-state index in [9.17, 15) is 22.8 Å². The Kier molecular flexibility index (Phi) is 9.21. The minimum Gasteiger partial charge on any atom is -0.497 e. The van der Waals surface area contributed by atoms with Crippen LogP contribution in [0, 0.1) is 0 Å². The number of hydrogen-bond acceptors (Lipinski definition) is 7. The predicted molar refractivity (Wildman–Crippen MR) is 120 cm³/mol. The topological polar surface area (TPSA) is 131 Å². The van der Waals surface area contributed by atoms with Gasteiger partial charge in [0.25, 0.3) is 11.8 Å². The van der Waals surface area contributed by atoms with Crippen LogP contribution in [0.25, 0.3) is 0 Å². The van der Waals surface area contributed by atoms with Crippen molar-refractivity contribution >= 4 is 39.4 Å². The van der Waals surface area contributed by atoms with Crippen LogP contribution in [0.5, 0.6) is 5.75 Å². The lowest BCUT2D eigenvalue weighted by Gasteiger charge is -2.19. The van der Waals surface area contributed by atoms with Crippen LogP contribution < -0.4 is 15.6 Å². The normalized spacial score (nSPS) is 11.1. The van der Waals surface area contributed by atoms with Crippen molar-refractivity contribution in [2.75, 3.05) is 26.8 Å². The number of nitrogens with one attached hydrogen (secondary N) is 2. The Morgan fingerprint density at radius 3 is 2.15 bits per heavy atom. The van der Waals surface area contributed by atoms with Gasteiger partial charge in [-0.25, -0.2) is 13.2 Å². The van der Waals surface area contributed by atoms with Crippen LogP contribution in [-0.2, 0) is 19.6 Å². The molecule has 0 aromatic heterocycles. The third-order valence-electron chi connectivity index (χ3n) is 4.49. The second-order valence-electron chi connectivity index (χ2n) is 6.54. The Morgan fingerprint density at radius 1 is 0.970 bits per heavy atom. The van der Waals surface area contributed by atoms with Gasteiger partial charge < -0.3 is 9.47 Å². The molecule has 0 aliphatic heterocycles. The van der Waals surface area contributed by atoms with E-state index >= 15 is 0 Å². The molecule has 10 nitrogen and oxygen atoms in total. The smallest absolute Gasteiger partial charge is 0.338 e. The van der Waals surface area contributed by atoms with Crippen molar-refractivity contribution in [2.24, 2.45) is 0 Å². The fourth-order valence-electron chi connectivity index (χ4n) is 2.72. The molecule has 0 aliphatic rings. The number of nitrogens with zero attached hydrogens (tertiary/aromatic N) is 1. The van der Waals surface area contributed by atoms with Crippen molar-refractivity contribution in [3.63, 3.8) is 0 Å². The molecule has 2 N–H and O–H groups in total. The second-order valence-corrected chi connectivity index (χ2v) is 8.86. The zero-order valence-electron chi connectivity index (χ0n) is 18.3. The van der Waals surface area contributed by atoms with E-state index in [0.717, 1.165) is 6.07 Å². The van der Waals surface area contributed by atoms with Crippen LogP contribution in [0.2, 0.25) is 5.02 Å². The van der Waals surface area contributed by atoms with E-state index in [-0.39, 0.29) is 34.1 Å². The monoisotopic (exact) mass is 497 g/mol. The molecule has 0 saturated carbocycles. The quantitative estimate of drug-likeness (QED) is 0.400. The fourth-order valence-corrected chi connectivity index (χ4v) is 4.68. The highest BCUT2D eigenvalue weighted by molar-refractivity contribution is 7.89. The van der Waals surface area contributed by atoms with Crippen molar-refractivity contribution in [2.45, 2.75) is 18.7 Å². The van der Waals surface area contributed by atoms with Gasteiger partial charge in [-0.15, -0.1) is 0 Å². The number of hydrogen-bond donors (Lipinski definition) is 2. The van der Waals surface area contributed by atoms with Gasteiger partial charge in [0.15, 0.2) is 6.61 Å². The van der Waals surface area contributed by atoms with Crippen LogP contribution >= 0.6 is 11.6 Å². The zero-order valence-corrected chi connectivity index (χ0v) is 19.8. The summed E-state index contributed by atoms with van der Waals surface area (Å²) >= 11 is 6.04. The molecule has 0 unspecified atom stereocenters. The Labute approximate surface area is 196 Å². The van der Waals surface area contributed by atoms with Crippen LogP contribution in [0.15, 0.2) is 47.4 Å². The van der Waals surface area contributed by atoms with E-state index in [1.807, 2.05) is 0 Å². The van der Waals surface area contributed by atoms with Crippen LogP contribution in [0.4, 0.5) is 0 Å². The van der Waals surface area contributed by atoms with Gasteiger partial charge in [0, 0.05) is 18.7 Å². The predicted octanol–water partition coefficient (Wildman–Crippen LogP) is 2.00. The third kappa shape index (κ3) is 6.67. The number of carbonyl (C=O) groups excluding carboxylic acids is 3. The van der Waals surface area contributed by atoms with Gasteiger partial charge in [-0.2, -0.15) is 4.31 Å². The summed E-state index contributed by atoms with van der Waals surface area (Å²) in [7, 11) is -2.42. The number of amides is 2. The Balaban J connectivity index is 1.97. The van der Waals surface area contributed by atoms with Gasteiger partial charge in [-0.1, -0.05) is 25.4 Å². The molecule has 178 valence electrons. The fraction of sp³-hybridized carbons (Fsp3) is 0.286. The number of halogens is 1. The lowest BCUT2D eigenvalue weighted by atomic mass is 10.2. The number of carbonyl (C=O) groups is 3. The maximum atomic E-state index is 12.7. The van der Waals surface area contributed by atoms with Gasteiger partial charge in [-0.05, 0) is 42.5 Å². The summed E-state index contributed by atoms with van der Waals surface area (Å²) in [5, 5.41) is -0.0440. The number of ether oxygens (including phenoxy) is 2. The van der Waals surface area contributed by atoms with Gasteiger partial charge in [0.05, 0.1) is 17.7 Å². The average molecular weight is 498 g/mol. The number of benzene rings is 2. The average Bonchev–Trinajstić information content (AvgIpc) is 2.81. The maximum Gasteiger partial charge on any atom is 0.338 e. The number of methoxy groups -OCH3 is 1. The van der Waals surface area contributed by atoms with E-state index < -0.39 is 34.4 Å². The first-order valence-electron chi connectivity index (χ1n) is 9.84. The molecule has 33 heavy (non-hydrogen) atoms. The highest BCUT2D eigenvalue weighted by Gasteiger charge is 2.26. The Morgan fingerprint density at radius 2 is 1.58 bits per heavy atom. The third-order valence-corrected chi connectivity index (χ3v) is 7.02. The molecule has 0 fully saturated rings. The largest absolute Gasteiger partial charge is 0.497 e. The van der Waals surface area contributed by atoms with Crippen LogP contribution in [-0.4, -0.2) is 57.3 Å². The number of rotatable bonds is 9. The first-order valence-corrected chi connectivity index (χ1v) is 11.7. The lowest BCUT2D eigenvalue weighted by Crippen LogP contribution is -2.43. The molecule has 2 amide bonds. The molecule has 0 atom stereocenters. The van der Waals surface area contributed by atoms with Gasteiger partial charge >= 0.3 is 5.97 Å². The minimum atomic E-state index is -3.91. The summed E-state index contributed by atoms with van der Waals surface area (Å²) < 4.78 is 36.6. The van der Waals surface area contributed by atoms with E-state index in [1.54, 1.807) is 26.0 Å². The highest BCUT2D eigenvalue weighted by atomic mass is 35.5. The highest BCUT2D eigenvalue weighted by Crippen LogP contribution is 2.26. The van der Waals surface area contributed by atoms with Gasteiger partial charge in [-0.3, -0.25) is 20.4 Å².